The van der Waals surface area contributed by atoms with E-state index in [1.807, 2.05) is 19.1 Å². The van der Waals surface area contributed by atoms with E-state index in [2.05, 4.69) is 33.4 Å². The number of nitrogens with one attached hydrogen (secondary N) is 1. The predicted molar refractivity (Wildman–Crippen MR) is 83.6 cm³/mol. The van der Waals surface area contributed by atoms with Crippen LogP contribution < -0.4 is 11.1 Å². The van der Waals surface area contributed by atoms with E-state index in [1.165, 1.54) is 5.56 Å². The van der Waals surface area contributed by atoms with Crippen molar-refractivity contribution in [1.29, 1.82) is 0 Å². The first-order valence-corrected chi connectivity index (χ1v) is 7.10. The zero-order chi connectivity index (χ0) is 13.2. The summed E-state index contributed by atoms with van der Waals surface area (Å²) in [6.45, 7) is 2.56. The van der Waals surface area contributed by atoms with Gasteiger partial charge in [0, 0.05) is 28.9 Å². The summed E-state index contributed by atoms with van der Waals surface area (Å²) in [6.07, 6.45) is 2.66. The fourth-order valence-corrected chi connectivity index (χ4v) is 2.92. The molecule has 0 radical (unpaired) electrons. The molecule has 1 saturated carbocycles. The largest absolute Gasteiger partial charge is 0.355 e. The molecule has 0 spiro atoms. The van der Waals surface area contributed by atoms with Crippen LogP contribution in [0.25, 0.3) is 0 Å². The van der Waals surface area contributed by atoms with E-state index >= 15 is 0 Å². The lowest BCUT2D eigenvalue weighted by Crippen LogP contribution is -2.35. The SMILES string of the molecule is CC(N)CC(=O)NCC1(c2ccccc2Br)CC1.Cl. The third-order valence-electron chi connectivity index (χ3n) is 3.43. The second-order valence-electron chi connectivity index (χ2n) is 5.22. The van der Waals surface area contributed by atoms with Crippen LogP contribution >= 0.6 is 28.3 Å². The highest BCUT2D eigenvalue weighted by molar-refractivity contribution is 9.10. The summed E-state index contributed by atoms with van der Waals surface area (Å²) in [4.78, 5) is 11.6. The average molecular weight is 348 g/mol. The number of amides is 1. The first-order valence-electron chi connectivity index (χ1n) is 6.31. The van der Waals surface area contributed by atoms with Gasteiger partial charge < -0.3 is 11.1 Å². The monoisotopic (exact) mass is 346 g/mol. The zero-order valence-corrected chi connectivity index (χ0v) is 13.4. The van der Waals surface area contributed by atoms with Gasteiger partial charge in [-0.3, -0.25) is 4.79 Å². The Morgan fingerprint density at radius 2 is 2.11 bits per heavy atom. The van der Waals surface area contributed by atoms with Gasteiger partial charge >= 0.3 is 0 Å². The maximum atomic E-state index is 11.6. The van der Waals surface area contributed by atoms with Crippen molar-refractivity contribution in [2.75, 3.05) is 6.54 Å². The van der Waals surface area contributed by atoms with Gasteiger partial charge in [0.15, 0.2) is 0 Å². The summed E-state index contributed by atoms with van der Waals surface area (Å²) in [5.41, 5.74) is 7.05. The number of hydrogen-bond donors (Lipinski definition) is 2. The molecule has 0 bridgehead atoms. The number of carbonyl (C=O) groups is 1. The summed E-state index contributed by atoms with van der Waals surface area (Å²) >= 11 is 3.59. The molecule has 1 aromatic rings. The smallest absolute Gasteiger partial charge is 0.221 e. The van der Waals surface area contributed by atoms with E-state index in [-0.39, 0.29) is 29.8 Å². The van der Waals surface area contributed by atoms with E-state index in [0.717, 1.165) is 17.3 Å². The molecule has 0 saturated heterocycles. The van der Waals surface area contributed by atoms with E-state index in [1.54, 1.807) is 0 Å². The maximum absolute atomic E-state index is 11.6. The van der Waals surface area contributed by atoms with E-state index in [4.69, 9.17) is 5.73 Å². The van der Waals surface area contributed by atoms with Crippen molar-refractivity contribution in [1.82, 2.24) is 5.32 Å². The van der Waals surface area contributed by atoms with Crippen LogP contribution in [0.3, 0.4) is 0 Å². The summed E-state index contributed by atoms with van der Waals surface area (Å²) in [5, 5.41) is 3.00. The van der Waals surface area contributed by atoms with Gasteiger partial charge in [-0.05, 0) is 31.4 Å². The number of hydrogen-bond acceptors (Lipinski definition) is 2. The van der Waals surface area contributed by atoms with Crippen LogP contribution in [0.2, 0.25) is 0 Å². The third-order valence-corrected chi connectivity index (χ3v) is 4.12. The molecule has 1 aromatic carbocycles. The Kier molecular flexibility index (Phi) is 5.83. The summed E-state index contributed by atoms with van der Waals surface area (Å²) < 4.78 is 1.13. The molecule has 106 valence electrons. The highest BCUT2D eigenvalue weighted by Crippen LogP contribution is 2.49. The van der Waals surface area contributed by atoms with Crippen LogP contribution in [0.4, 0.5) is 0 Å². The Bertz CT molecular complexity index is 447. The zero-order valence-electron chi connectivity index (χ0n) is 11.0. The topological polar surface area (TPSA) is 55.1 Å². The molecular weight excluding hydrogens is 328 g/mol. The van der Waals surface area contributed by atoms with Crippen molar-refractivity contribution in [2.24, 2.45) is 5.73 Å². The van der Waals surface area contributed by atoms with Crippen molar-refractivity contribution in [2.45, 2.75) is 37.6 Å². The first-order chi connectivity index (χ1) is 8.53. The average Bonchev–Trinajstić information content (AvgIpc) is 3.07. The Morgan fingerprint density at radius 1 is 1.47 bits per heavy atom. The number of halogens is 2. The van der Waals surface area contributed by atoms with Gasteiger partial charge in [-0.2, -0.15) is 0 Å². The predicted octanol–water partition coefficient (Wildman–Crippen LogP) is 2.76. The minimum atomic E-state index is -0.0800. The fourth-order valence-electron chi connectivity index (χ4n) is 2.22. The highest BCUT2D eigenvalue weighted by atomic mass is 79.9. The summed E-state index contributed by atoms with van der Waals surface area (Å²) in [6, 6.07) is 8.17. The normalized spacial score (nSPS) is 17.2. The molecule has 5 heteroatoms. The minimum absolute atomic E-state index is 0. The molecule has 19 heavy (non-hydrogen) atoms. The summed E-state index contributed by atoms with van der Waals surface area (Å²) in [7, 11) is 0. The lowest BCUT2D eigenvalue weighted by Gasteiger charge is -2.18. The van der Waals surface area contributed by atoms with Crippen LogP contribution in [-0.4, -0.2) is 18.5 Å². The van der Waals surface area contributed by atoms with Gasteiger partial charge in [0.1, 0.15) is 0 Å². The van der Waals surface area contributed by atoms with Crippen LogP contribution in [-0.2, 0) is 10.2 Å². The maximum Gasteiger partial charge on any atom is 0.221 e. The molecule has 1 unspecified atom stereocenters. The van der Waals surface area contributed by atoms with Crippen molar-refractivity contribution in [3.8, 4) is 0 Å². The second kappa shape index (κ2) is 6.73. The number of benzene rings is 1. The molecule has 0 aliphatic heterocycles. The fraction of sp³-hybridized carbons (Fsp3) is 0.500. The quantitative estimate of drug-likeness (QED) is 0.860. The molecule has 1 atom stereocenters. The van der Waals surface area contributed by atoms with Gasteiger partial charge in [0.2, 0.25) is 5.91 Å². The van der Waals surface area contributed by atoms with E-state index < -0.39 is 0 Å². The number of carbonyl (C=O) groups excluding carboxylic acids is 1. The lowest BCUT2D eigenvalue weighted by molar-refractivity contribution is -0.121. The van der Waals surface area contributed by atoms with Crippen LogP contribution in [0.1, 0.15) is 31.7 Å². The van der Waals surface area contributed by atoms with Crippen molar-refractivity contribution in [3.63, 3.8) is 0 Å². The standard InChI is InChI=1S/C14H19BrN2O.ClH/c1-10(16)8-13(18)17-9-14(6-7-14)11-4-2-3-5-12(11)15;/h2-5,10H,6-9,16H2,1H3,(H,17,18);1H. The van der Waals surface area contributed by atoms with E-state index in [9.17, 15) is 4.79 Å². The van der Waals surface area contributed by atoms with Crippen LogP contribution in [0, 0.1) is 0 Å². The minimum Gasteiger partial charge on any atom is -0.355 e. The van der Waals surface area contributed by atoms with Gasteiger partial charge in [-0.15, -0.1) is 12.4 Å². The Hall–Kier alpha value is -0.580. The summed E-state index contributed by atoms with van der Waals surface area (Å²) in [5.74, 6) is 0.0447. The molecule has 1 amide bonds. The molecule has 1 aliphatic rings. The third kappa shape index (κ3) is 4.20. The molecule has 1 fully saturated rings. The van der Waals surface area contributed by atoms with Crippen LogP contribution in [0.15, 0.2) is 28.7 Å². The molecule has 0 aromatic heterocycles. The molecule has 0 heterocycles. The Balaban J connectivity index is 0.00000180. The van der Waals surface area contributed by atoms with Crippen molar-refractivity contribution >= 4 is 34.2 Å². The molecule has 1 aliphatic carbocycles. The second-order valence-corrected chi connectivity index (χ2v) is 6.07. The first kappa shape index (κ1) is 16.5. The highest BCUT2D eigenvalue weighted by Gasteiger charge is 2.45. The molecule has 3 N–H and O–H groups in total. The van der Waals surface area contributed by atoms with Crippen LogP contribution in [0.5, 0.6) is 0 Å². The van der Waals surface area contributed by atoms with Crippen molar-refractivity contribution < 1.29 is 4.79 Å². The van der Waals surface area contributed by atoms with Gasteiger partial charge in [0.25, 0.3) is 0 Å². The van der Waals surface area contributed by atoms with E-state index in [0.29, 0.717) is 13.0 Å². The van der Waals surface area contributed by atoms with Gasteiger partial charge in [-0.25, -0.2) is 0 Å². The van der Waals surface area contributed by atoms with Gasteiger partial charge in [-0.1, -0.05) is 34.1 Å². The molecule has 2 rings (SSSR count). The lowest BCUT2D eigenvalue weighted by atomic mass is 9.96. The van der Waals surface area contributed by atoms with Crippen molar-refractivity contribution in [3.05, 3.63) is 34.3 Å². The number of rotatable bonds is 5. The molecule has 3 nitrogen and oxygen atoms in total. The Labute approximate surface area is 128 Å². The number of nitrogens with two attached hydrogens (primary N) is 1. The molecular formula is C14H20BrClN2O. The Morgan fingerprint density at radius 3 is 2.63 bits per heavy atom. The van der Waals surface area contributed by atoms with Gasteiger partial charge in [0.05, 0.1) is 0 Å².